The minimum Gasteiger partial charge on any atom is -0.299 e. The Morgan fingerprint density at radius 3 is 2.50 bits per heavy atom. The fourth-order valence-electron chi connectivity index (χ4n) is 3.62. The van der Waals surface area contributed by atoms with Crippen molar-refractivity contribution in [3.8, 4) is 0 Å². The van der Waals surface area contributed by atoms with E-state index in [2.05, 4.69) is 0 Å². The van der Waals surface area contributed by atoms with Crippen molar-refractivity contribution < 1.29 is 13.2 Å². The van der Waals surface area contributed by atoms with Crippen LogP contribution in [0.5, 0.6) is 0 Å². The zero-order valence-electron chi connectivity index (χ0n) is 11.2. The first-order valence-electron chi connectivity index (χ1n) is 7.20. The van der Waals surface area contributed by atoms with Gasteiger partial charge in [0, 0.05) is 18.6 Å². The molecule has 0 aromatic rings. The van der Waals surface area contributed by atoms with Gasteiger partial charge >= 0.3 is 0 Å². The van der Waals surface area contributed by atoms with Gasteiger partial charge in [0.2, 0.25) is 0 Å². The Kier molecular flexibility index (Phi) is 4.46. The summed E-state index contributed by atoms with van der Waals surface area (Å²) in [4.78, 5) is 12.1. The van der Waals surface area contributed by atoms with Crippen molar-refractivity contribution in [1.82, 2.24) is 0 Å². The van der Waals surface area contributed by atoms with Crippen molar-refractivity contribution in [2.24, 2.45) is 11.8 Å². The Bertz CT molecular complexity index is 399. The standard InChI is InChI=1S/C14H24O3S/c1-18(16,17)12-7-5-6-11(10-12)13-8-3-2-4-9-14(13)15/h11-13H,2-10H2,1H3. The highest BCUT2D eigenvalue weighted by Crippen LogP contribution is 2.37. The van der Waals surface area contributed by atoms with Crippen LogP contribution >= 0.6 is 0 Å². The molecular formula is C14H24O3S. The summed E-state index contributed by atoms with van der Waals surface area (Å²) >= 11 is 0. The van der Waals surface area contributed by atoms with E-state index >= 15 is 0 Å². The molecule has 2 rings (SSSR count). The Morgan fingerprint density at radius 1 is 1.00 bits per heavy atom. The zero-order valence-corrected chi connectivity index (χ0v) is 12.0. The van der Waals surface area contributed by atoms with Crippen molar-refractivity contribution >= 4 is 15.6 Å². The van der Waals surface area contributed by atoms with Gasteiger partial charge in [0.25, 0.3) is 0 Å². The molecule has 2 aliphatic rings. The van der Waals surface area contributed by atoms with E-state index < -0.39 is 9.84 Å². The fraction of sp³-hybridized carbons (Fsp3) is 0.929. The first kappa shape index (κ1) is 14.0. The summed E-state index contributed by atoms with van der Waals surface area (Å²) in [6.45, 7) is 0. The largest absolute Gasteiger partial charge is 0.299 e. The second-order valence-corrected chi connectivity index (χ2v) is 8.38. The van der Waals surface area contributed by atoms with E-state index in [-0.39, 0.29) is 11.2 Å². The third-order valence-corrected chi connectivity index (χ3v) is 6.33. The second-order valence-electron chi connectivity index (χ2n) is 6.05. The quantitative estimate of drug-likeness (QED) is 0.726. The van der Waals surface area contributed by atoms with Crippen LogP contribution in [0.15, 0.2) is 0 Å². The Labute approximate surface area is 110 Å². The topological polar surface area (TPSA) is 51.2 Å². The molecule has 0 amide bonds. The van der Waals surface area contributed by atoms with Gasteiger partial charge in [0.15, 0.2) is 0 Å². The van der Waals surface area contributed by atoms with Gasteiger partial charge in [-0.3, -0.25) is 4.79 Å². The van der Waals surface area contributed by atoms with Gasteiger partial charge in [0.05, 0.1) is 5.25 Å². The van der Waals surface area contributed by atoms with E-state index in [0.717, 1.165) is 51.4 Å². The normalized spacial score (nSPS) is 35.2. The lowest BCUT2D eigenvalue weighted by atomic mass is 9.76. The minimum absolute atomic E-state index is 0.150. The molecule has 18 heavy (non-hydrogen) atoms. The molecule has 3 unspecified atom stereocenters. The molecule has 2 fully saturated rings. The van der Waals surface area contributed by atoms with Gasteiger partial charge in [0.1, 0.15) is 15.6 Å². The number of sulfone groups is 1. The molecule has 0 saturated heterocycles. The van der Waals surface area contributed by atoms with Crippen molar-refractivity contribution in [3.63, 3.8) is 0 Å². The molecule has 0 aromatic carbocycles. The van der Waals surface area contributed by atoms with Crippen LogP contribution in [0.1, 0.15) is 57.8 Å². The Morgan fingerprint density at radius 2 is 1.78 bits per heavy atom. The highest BCUT2D eigenvalue weighted by atomic mass is 32.2. The third kappa shape index (κ3) is 3.34. The maximum absolute atomic E-state index is 12.1. The molecule has 0 spiro atoms. The molecule has 104 valence electrons. The van der Waals surface area contributed by atoms with Crippen LogP contribution < -0.4 is 0 Å². The molecule has 3 nitrogen and oxygen atoms in total. The number of carbonyl (C=O) groups is 1. The first-order valence-corrected chi connectivity index (χ1v) is 9.15. The van der Waals surface area contributed by atoms with Crippen LogP contribution in [0.4, 0.5) is 0 Å². The lowest BCUT2D eigenvalue weighted by molar-refractivity contribution is -0.124. The van der Waals surface area contributed by atoms with E-state index in [0.29, 0.717) is 18.1 Å². The SMILES string of the molecule is CS(=O)(=O)C1CCCC(C2CCCCCC2=O)C1. The fourth-order valence-corrected chi connectivity index (χ4v) is 4.81. The molecule has 0 heterocycles. The number of Topliss-reactive ketones (excluding diaryl/α,β-unsaturated/α-hetero) is 1. The molecule has 0 N–H and O–H groups in total. The van der Waals surface area contributed by atoms with Gasteiger partial charge < -0.3 is 0 Å². The zero-order chi connectivity index (χ0) is 13.2. The summed E-state index contributed by atoms with van der Waals surface area (Å²) in [6.07, 6.45) is 9.87. The average molecular weight is 272 g/mol. The number of carbonyl (C=O) groups excluding carboxylic acids is 1. The summed E-state index contributed by atoms with van der Waals surface area (Å²) in [5.74, 6) is 0.868. The maximum Gasteiger partial charge on any atom is 0.150 e. The number of hydrogen-bond donors (Lipinski definition) is 0. The molecule has 0 aliphatic heterocycles. The van der Waals surface area contributed by atoms with E-state index in [1.807, 2.05) is 0 Å². The second kappa shape index (κ2) is 5.72. The van der Waals surface area contributed by atoms with Crippen molar-refractivity contribution in [2.45, 2.75) is 63.0 Å². The number of hydrogen-bond acceptors (Lipinski definition) is 3. The molecule has 0 aromatic heterocycles. The number of rotatable bonds is 2. The van der Waals surface area contributed by atoms with Crippen LogP contribution in [-0.4, -0.2) is 25.7 Å². The molecular weight excluding hydrogens is 248 g/mol. The van der Waals surface area contributed by atoms with E-state index in [4.69, 9.17) is 0 Å². The highest BCUT2D eigenvalue weighted by Gasteiger charge is 2.35. The molecule has 4 heteroatoms. The van der Waals surface area contributed by atoms with Crippen LogP contribution in [-0.2, 0) is 14.6 Å². The van der Waals surface area contributed by atoms with Crippen LogP contribution in [0.2, 0.25) is 0 Å². The molecule has 0 radical (unpaired) electrons. The summed E-state index contributed by atoms with van der Waals surface area (Å²) in [7, 11) is -2.94. The minimum atomic E-state index is -2.94. The number of ketones is 1. The highest BCUT2D eigenvalue weighted by molar-refractivity contribution is 7.91. The van der Waals surface area contributed by atoms with Gasteiger partial charge in [-0.2, -0.15) is 0 Å². The molecule has 3 atom stereocenters. The van der Waals surface area contributed by atoms with E-state index in [1.165, 1.54) is 6.26 Å². The van der Waals surface area contributed by atoms with Gasteiger partial charge in [-0.25, -0.2) is 8.42 Å². The Hall–Kier alpha value is -0.380. The van der Waals surface area contributed by atoms with E-state index in [1.54, 1.807) is 0 Å². The van der Waals surface area contributed by atoms with Crippen molar-refractivity contribution in [3.05, 3.63) is 0 Å². The molecule has 2 saturated carbocycles. The van der Waals surface area contributed by atoms with Crippen molar-refractivity contribution in [1.29, 1.82) is 0 Å². The lowest BCUT2D eigenvalue weighted by Gasteiger charge is -2.32. The van der Waals surface area contributed by atoms with E-state index in [9.17, 15) is 13.2 Å². The van der Waals surface area contributed by atoms with Gasteiger partial charge in [-0.1, -0.05) is 19.3 Å². The van der Waals surface area contributed by atoms with Crippen molar-refractivity contribution in [2.75, 3.05) is 6.26 Å². The smallest absolute Gasteiger partial charge is 0.150 e. The van der Waals surface area contributed by atoms with Crippen LogP contribution in [0, 0.1) is 11.8 Å². The first-order chi connectivity index (χ1) is 8.48. The summed E-state index contributed by atoms with van der Waals surface area (Å²) in [5, 5.41) is -0.202. The summed E-state index contributed by atoms with van der Waals surface area (Å²) in [6, 6.07) is 0. The molecule has 0 bridgehead atoms. The van der Waals surface area contributed by atoms with Gasteiger partial charge in [-0.05, 0) is 38.0 Å². The lowest BCUT2D eigenvalue weighted by Crippen LogP contribution is -2.33. The summed E-state index contributed by atoms with van der Waals surface area (Å²) < 4.78 is 23.4. The maximum atomic E-state index is 12.1. The van der Waals surface area contributed by atoms with Gasteiger partial charge in [-0.15, -0.1) is 0 Å². The average Bonchev–Trinajstić information content (AvgIpc) is 2.53. The third-order valence-electron chi connectivity index (χ3n) is 4.69. The predicted molar refractivity (Wildman–Crippen MR) is 72.2 cm³/mol. The monoisotopic (exact) mass is 272 g/mol. The predicted octanol–water partition coefficient (Wildman–Crippen LogP) is 2.74. The molecule has 2 aliphatic carbocycles. The summed E-state index contributed by atoms with van der Waals surface area (Å²) in [5.41, 5.74) is 0. The Balaban J connectivity index is 2.05. The van der Waals surface area contributed by atoms with Crippen LogP contribution in [0.3, 0.4) is 0 Å². The van der Waals surface area contributed by atoms with Crippen LogP contribution in [0.25, 0.3) is 0 Å².